The topological polar surface area (TPSA) is 63.0 Å². The molecule has 0 aliphatic heterocycles. The van der Waals surface area contributed by atoms with E-state index in [-0.39, 0.29) is 88.5 Å². The molecule has 4 heavy (non-hydrogen) atoms. The molecule has 0 aliphatic carbocycles. The first-order chi connectivity index (χ1) is 0. The third-order valence-electron chi connectivity index (χ3n) is 0. The minimum Gasteiger partial charge on any atom is 0 e. The molecule has 4 heteroatoms. The van der Waals surface area contributed by atoms with Crippen molar-refractivity contribution in [2.24, 2.45) is 0 Å². The van der Waals surface area contributed by atoms with Gasteiger partial charge >= 0.3 is 51.4 Å². The molecule has 0 radical (unpaired) electrons. The van der Waals surface area contributed by atoms with Crippen LogP contribution in [0.4, 0.5) is 0 Å². The fourth-order valence-electron chi connectivity index (χ4n) is 0. The summed E-state index contributed by atoms with van der Waals surface area (Å²) in [6, 6.07) is 0. The van der Waals surface area contributed by atoms with Crippen molar-refractivity contribution >= 4 is 51.4 Å². The molecule has 0 fully saturated rings. The summed E-state index contributed by atoms with van der Waals surface area (Å²) in [5, 5.41) is 0. The maximum atomic E-state index is 0. The summed E-state index contributed by atoms with van der Waals surface area (Å²) in [4.78, 5) is 0. The van der Waals surface area contributed by atoms with E-state index in [1.165, 1.54) is 0 Å². The standard InChI is InChI=1S/K.2H2O.Zr.H/h;2*1H2;;. The molecule has 0 aromatic rings. The second-order valence-corrected chi connectivity index (χ2v) is 0. The van der Waals surface area contributed by atoms with Gasteiger partial charge in [-0.2, -0.15) is 0 Å². The van der Waals surface area contributed by atoms with Crippen LogP contribution in [0.1, 0.15) is 0 Å². The smallest absolute Gasteiger partial charge is 0 e. The summed E-state index contributed by atoms with van der Waals surface area (Å²) < 4.78 is 0. The second-order valence-electron chi connectivity index (χ2n) is 0. The Labute approximate surface area is 86.5 Å². The van der Waals surface area contributed by atoms with Gasteiger partial charge in [-0.3, -0.25) is 0 Å². The van der Waals surface area contributed by atoms with Crippen molar-refractivity contribution < 1.29 is 37.2 Å². The van der Waals surface area contributed by atoms with Gasteiger partial charge in [-0.05, 0) is 0 Å². The average molecular weight is 167 g/mol. The summed E-state index contributed by atoms with van der Waals surface area (Å²) in [6.45, 7) is 0. The van der Waals surface area contributed by atoms with E-state index in [1.54, 1.807) is 0 Å². The second kappa shape index (κ2) is 18.0. The first-order valence-corrected chi connectivity index (χ1v) is 0. The van der Waals surface area contributed by atoms with E-state index >= 15 is 0 Å². The fraction of sp³-hybridized carbons (Fsp3) is 0. The SMILES string of the molecule is O.O.[KH].[Zr]. The fourth-order valence-corrected chi connectivity index (χ4v) is 0. The third kappa shape index (κ3) is 8.83. The van der Waals surface area contributed by atoms with Gasteiger partial charge in [0.25, 0.3) is 0 Å². The van der Waals surface area contributed by atoms with E-state index < -0.39 is 0 Å². The van der Waals surface area contributed by atoms with E-state index in [9.17, 15) is 0 Å². The minimum atomic E-state index is 0. The van der Waals surface area contributed by atoms with Gasteiger partial charge in [-0.1, -0.05) is 0 Å². The molecule has 0 aromatic heterocycles. The summed E-state index contributed by atoms with van der Waals surface area (Å²) in [6.07, 6.45) is 0. The summed E-state index contributed by atoms with van der Waals surface area (Å²) in [5.41, 5.74) is 0. The monoisotopic (exact) mass is 166 g/mol. The molecule has 22 valence electrons. The molecule has 0 aromatic carbocycles. The first-order valence-electron chi connectivity index (χ1n) is 0. The van der Waals surface area contributed by atoms with Gasteiger partial charge in [0, 0.05) is 26.2 Å². The molecule has 0 aliphatic rings. The Morgan fingerprint density at radius 1 is 0.750 bits per heavy atom. The van der Waals surface area contributed by atoms with Crippen LogP contribution < -0.4 is 0 Å². The molecule has 0 rings (SSSR count). The molecule has 0 spiro atoms. The van der Waals surface area contributed by atoms with Crippen LogP contribution in [0.3, 0.4) is 0 Å². The van der Waals surface area contributed by atoms with Crippen molar-refractivity contribution in [2.75, 3.05) is 0 Å². The van der Waals surface area contributed by atoms with Gasteiger partial charge in [0.15, 0.2) is 0 Å². The molecule has 0 bridgehead atoms. The Morgan fingerprint density at radius 2 is 0.750 bits per heavy atom. The largest absolute Gasteiger partial charge is 0 e. The van der Waals surface area contributed by atoms with Crippen LogP contribution in [-0.2, 0) is 26.2 Å². The molecule has 0 saturated carbocycles. The van der Waals surface area contributed by atoms with Gasteiger partial charge < -0.3 is 11.0 Å². The first kappa shape index (κ1) is 32.0. The van der Waals surface area contributed by atoms with Crippen molar-refractivity contribution in [1.29, 1.82) is 0 Å². The van der Waals surface area contributed by atoms with Crippen LogP contribution >= 0.6 is 0 Å². The van der Waals surface area contributed by atoms with Crippen molar-refractivity contribution in [3.63, 3.8) is 0 Å². The predicted molar refractivity (Wildman–Crippen MR) is 14.4 cm³/mol. The maximum absolute atomic E-state index is 0. The van der Waals surface area contributed by atoms with Crippen LogP contribution in [0.2, 0.25) is 0 Å². The van der Waals surface area contributed by atoms with Crippen LogP contribution in [0, 0.1) is 0 Å². The zero-order chi connectivity index (χ0) is 0. The van der Waals surface area contributed by atoms with Gasteiger partial charge in [0.2, 0.25) is 0 Å². The van der Waals surface area contributed by atoms with Crippen molar-refractivity contribution in [2.45, 2.75) is 0 Å². The number of hydrogen-bond acceptors (Lipinski definition) is 0. The quantitative estimate of drug-likeness (QED) is 0.364. The molecular weight excluding hydrogens is 162 g/mol. The molecule has 0 unspecified atom stereocenters. The Balaban J connectivity index is 0. The van der Waals surface area contributed by atoms with Crippen LogP contribution in [0.25, 0.3) is 0 Å². The van der Waals surface area contributed by atoms with Gasteiger partial charge in [-0.25, -0.2) is 0 Å². The van der Waals surface area contributed by atoms with Crippen LogP contribution in [0.5, 0.6) is 0 Å². The minimum absolute atomic E-state index is 0. The van der Waals surface area contributed by atoms with E-state index in [0.29, 0.717) is 0 Å². The molecule has 2 nitrogen and oxygen atoms in total. The predicted octanol–water partition coefficient (Wildman–Crippen LogP) is -2.30. The van der Waals surface area contributed by atoms with Crippen molar-refractivity contribution in [3.05, 3.63) is 0 Å². The molecule has 0 heterocycles. The van der Waals surface area contributed by atoms with E-state index in [0.717, 1.165) is 0 Å². The molecule has 0 amide bonds. The summed E-state index contributed by atoms with van der Waals surface area (Å²) in [7, 11) is 0. The van der Waals surface area contributed by atoms with Gasteiger partial charge in [-0.15, -0.1) is 0 Å². The third-order valence-corrected chi connectivity index (χ3v) is 0. The zero-order valence-corrected chi connectivity index (χ0v) is 3.96. The summed E-state index contributed by atoms with van der Waals surface area (Å²) in [5.74, 6) is 0. The maximum Gasteiger partial charge on any atom is 0 e. The Hall–Kier alpha value is 2.44. The number of rotatable bonds is 0. The Bertz CT molecular complexity index is 6.00. The van der Waals surface area contributed by atoms with Crippen LogP contribution in [-0.4, -0.2) is 62.3 Å². The Kier molecular flexibility index (Phi) is 144. The van der Waals surface area contributed by atoms with Crippen molar-refractivity contribution in [1.82, 2.24) is 0 Å². The normalized spacial score (nSPS) is 0. The van der Waals surface area contributed by atoms with E-state index in [4.69, 9.17) is 0 Å². The zero-order valence-electron chi connectivity index (χ0n) is 1.50. The molecular formula is H5KO2Zr. The Morgan fingerprint density at radius 3 is 0.750 bits per heavy atom. The molecule has 0 saturated heterocycles. The average Bonchev–Trinajstić information content (AvgIpc) is 0. The summed E-state index contributed by atoms with van der Waals surface area (Å²) >= 11 is 0. The van der Waals surface area contributed by atoms with Gasteiger partial charge in [0.1, 0.15) is 0 Å². The van der Waals surface area contributed by atoms with E-state index in [1.807, 2.05) is 0 Å². The molecule has 4 N–H and O–H groups in total. The molecule has 0 atom stereocenters. The van der Waals surface area contributed by atoms with Crippen LogP contribution in [0.15, 0.2) is 0 Å². The van der Waals surface area contributed by atoms with E-state index in [2.05, 4.69) is 0 Å². The van der Waals surface area contributed by atoms with Crippen molar-refractivity contribution in [3.8, 4) is 0 Å². The van der Waals surface area contributed by atoms with Gasteiger partial charge in [0.05, 0.1) is 0 Å². The number of hydrogen-bond donors (Lipinski definition) is 0.